The van der Waals surface area contributed by atoms with Gasteiger partial charge in [-0.05, 0) is 34.1 Å². The van der Waals surface area contributed by atoms with Gasteiger partial charge in [-0.15, -0.1) is 0 Å². The van der Waals surface area contributed by atoms with E-state index < -0.39 is 0 Å². The molecule has 0 fully saturated rings. The molecule has 0 aliphatic rings. The van der Waals surface area contributed by atoms with Crippen molar-refractivity contribution in [2.75, 3.05) is 5.32 Å². The summed E-state index contributed by atoms with van der Waals surface area (Å²) in [6, 6.07) is 4.91. The van der Waals surface area contributed by atoms with Crippen LogP contribution in [-0.2, 0) is 6.54 Å². The molecule has 15 heavy (non-hydrogen) atoms. The highest BCUT2D eigenvalue weighted by Crippen LogP contribution is 2.19. The second-order valence-electron chi connectivity index (χ2n) is 3.02. The lowest BCUT2D eigenvalue weighted by Crippen LogP contribution is -2.01. The molecule has 78 valence electrons. The highest BCUT2D eigenvalue weighted by Gasteiger charge is 2.00. The molecule has 0 amide bonds. The van der Waals surface area contributed by atoms with E-state index in [2.05, 4.69) is 31.2 Å². The molecular formula is C10H9BrFN3. The van der Waals surface area contributed by atoms with Crippen molar-refractivity contribution in [2.45, 2.75) is 6.54 Å². The van der Waals surface area contributed by atoms with Gasteiger partial charge in [0.25, 0.3) is 0 Å². The smallest absolute Gasteiger partial charge is 0.139 e. The number of aromatic amines is 1. The van der Waals surface area contributed by atoms with E-state index in [0.29, 0.717) is 11.0 Å². The van der Waals surface area contributed by atoms with E-state index in [1.54, 1.807) is 24.5 Å². The summed E-state index contributed by atoms with van der Waals surface area (Å²) in [5.41, 5.74) is 0.729. The zero-order valence-electron chi connectivity index (χ0n) is 7.80. The van der Waals surface area contributed by atoms with Crippen molar-refractivity contribution >= 4 is 21.6 Å². The van der Waals surface area contributed by atoms with Crippen LogP contribution in [0.4, 0.5) is 10.1 Å². The molecule has 0 saturated heterocycles. The topological polar surface area (TPSA) is 40.7 Å². The molecule has 0 bridgehead atoms. The molecule has 0 atom stereocenters. The number of nitrogens with zero attached hydrogens (tertiary/aromatic N) is 1. The molecule has 0 unspecified atom stereocenters. The fourth-order valence-electron chi connectivity index (χ4n) is 1.19. The maximum Gasteiger partial charge on any atom is 0.139 e. The predicted octanol–water partition coefficient (Wildman–Crippen LogP) is 2.92. The van der Waals surface area contributed by atoms with E-state index >= 15 is 0 Å². The normalized spacial score (nSPS) is 10.3. The molecule has 2 N–H and O–H groups in total. The third-order valence-electron chi connectivity index (χ3n) is 1.93. The summed E-state index contributed by atoms with van der Waals surface area (Å²) in [4.78, 5) is 7.01. The van der Waals surface area contributed by atoms with E-state index in [0.717, 1.165) is 11.5 Å². The monoisotopic (exact) mass is 269 g/mol. The number of benzene rings is 1. The third kappa shape index (κ3) is 2.56. The molecule has 5 heteroatoms. The number of H-pyrrole nitrogens is 1. The molecule has 1 heterocycles. The van der Waals surface area contributed by atoms with Crippen LogP contribution in [0, 0.1) is 5.82 Å². The highest BCUT2D eigenvalue weighted by atomic mass is 79.9. The van der Waals surface area contributed by atoms with Gasteiger partial charge in [0.05, 0.1) is 11.0 Å². The number of imidazole rings is 1. The van der Waals surface area contributed by atoms with Crippen LogP contribution >= 0.6 is 15.9 Å². The summed E-state index contributed by atoms with van der Waals surface area (Å²) in [5.74, 6) is 0.540. The maximum atomic E-state index is 13.1. The van der Waals surface area contributed by atoms with Crippen LogP contribution in [0.3, 0.4) is 0 Å². The summed E-state index contributed by atoms with van der Waals surface area (Å²) in [6.45, 7) is 0.550. The van der Waals surface area contributed by atoms with Crippen molar-refractivity contribution in [1.82, 2.24) is 9.97 Å². The van der Waals surface area contributed by atoms with Gasteiger partial charge < -0.3 is 10.3 Å². The minimum atomic E-state index is -0.278. The van der Waals surface area contributed by atoms with Crippen molar-refractivity contribution in [3.63, 3.8) is 0 Å². The molecule has 1 aromatic heterocycles. The Kier molecular flexibility index (Phi) is 3.01. The Morgan fingerprint density at radius 2 is 2.33 bits per heavy atom. The van der Waals surface area contributed by atoms with Gasteiger partial charge in [-0.2, -0.15) is 0 Å². The van der Waals surface area contributed by atoms with Gasteiger partial charge >= 0.3 is 0 Å². The minimum absolute atomic E-state index is 0.278. The number of rotatable bonds is 3. The first-order chi connectivity index (χ1) is 7.25. The predicted molar refractivity (Wildman–Crippen MR) is 60.0 cm³/mol. The SMILES string of the molecule is Fc1cc(NCc2ncc[nH]2)ccc1Br. The van der Waals surface area contributed by atoms with Crippen LogP contribution in [0.1, 0.15) is 5.82 Å². The Morgan fingerprint density at radius 3 is 3.00 bits per heavy atom. The van der Waals surface area contributed by atoms with Gasteiger partial charge in [0.1, 0.15) is 11.6 Å². The highest BCUT2D eigenvalue weighted by molar-refractivity contribution is 9.10. The van der Waals surface area contributed by atoms with E-state index in [1.807, 2.05) is 0 Å². The van der Waals surface area contributed by atoms with Crippen molar-refractivity contribution in [3.05, 3.63) is 46.7 Å². The zero-order valence-corrected chi connectivity index (χ0v) is 9.38. The van der Waals surface area contributed by atoms with E-state index in [9.17, 15) is 4.39 Å². The van der Waals surface area contributed by atoms with Gasteiger partial charge in [0.15, 0.2) is 0 Å². The molecule has 0 aliphatic heterocycles. The summed E-state index contributed by atoms with van der Waals surface area (Å²) < 4.78 is 13.6. The summed E-state index contributed by atoms with van der Waals surface area (Å²) in [5, 5.41) is 3.06. The molecule has 0 saturated carbocycles. The fraction of sp³-hybridized carbons (Fsp3) is 0.100. The Balaban J connectivity index is 2.02. The average molecular weight is 270 g/mol. The van der Waals surface area contributed by atoms with Crippen LogP contribution in [0.2, 0.25) is 0 Å². The Bertz CT molecular complexity index is 442. The summed E-state index contributed by atoms with van der Waals surface area (Å²) >= 11 is 3.10. The first kappa shape index (κ1) is 10.2. The number of aromatic nitrogens is 2. The lowest BCUT2D eigenvalue weighted by atomic mass is 10.3. The van der Waals surface area contributed by atoms with Gasteiger partial charge in [-0.25, -0.2) is 9.37 Å². The second kappa shape index (κ2) is 4.44. The lowest BCUT2D eigenvalue weighted by molar-refractivity contribution is 0.621. The average Bonchev–Trinajstić information content (AvgIpc) is 2.73. The van der Waals surface area contributed by atoms with Crippen LogP contribution in [0.5, 0.6) is 0 Å². The lowest BCUT2D eigenvalue weighted by Gasteiger charge is -2.04. The van der Waals surface area contributed by atoms with E-state index in [-0.39, 0.29) is 5.82 Å². The van der Waals surface area contributed by atoms with Crippen molar-refractivity contribution in [3.8, 4) is 0 Å². The van der Waals surface area contributed by atoms with Gasteiger partial charge in [-0.3, -0.25) is 0 Å². The van der Waals surface area contributed by atoms with Crippen LogP contribution in [0.25, 0.3) is 0 Å². The summed E-state index contributed by atoms with van der Waals surface area (Å²) in [7, 11) is 0. The molecule has 1 aromatic carbocycles. The standard InChI is InChI=1S/C10H9BrFN3/c11-8-2-1-7(5-9(8)12)15-6-10-13-3-4-14-10/h1-5,15H,6H2,(H,13,14). The summed E-state index contributed by atoms with van der Waals surface area (Å²) in [6.07, 6.45) is 3.43. The minimum Gasteiger partial charge on any atom is -0.378 e. The van der Waals surface area contributed by atoms with Gasteiger partial charge in [0, 0.05) is 18.1 Å². The van der Waals surface area contributed by atoms with Crippen molar-refractivity contribution < 1.29 is 4.39 Å². The number of hydrogen-bond donors (Lipinski definition) is 2. The molecule has 0 spiro atoms. The van der Waals surface area contributed by atoms with E-state index in [1.165, 1.54) is 6.07 Å². The number of hydrogen-bond acceptors (Lipinski definition) is 2. The maximum absolute atomic E-state index is 13.1. The Labute approximate surface area is 94.9 Å². The number of halogens is 2. The largest absolute Gasteiger partial charge is 0.378 e. The fourth-order valence-corrected chi connectivity index (χ4v) is 1.43. The Morgan fingerprint density at radius 1 is 1.47 bits per heavy atom. The van der Waals surface area contributed by atoms with Gasteiger partial charge in [0.2, 0.25) is 0 Å². The van der Waals surface area contributed by atoms with Crippen LogP contribution < -0.4 is 5.32 Å². The van der Waals surface area contributed by atoms with Crippen molar-refractivity contribution in [2.24, 2.45) is 0 Å². The van der Waals surface area contributed by atoms with Crippen LogP contribution in [0.15, 0.2) is 35.1 Å². The third-order valence-corrected chi connectivity index (χ3v) is 2.58. The second-order valence-corrected chi connectivity index (χ2v) is 3.87. The van der Waals surface area contributed by atoms with Crippen LogP contribution in [-0.4, -0.2) is 9.97 Å². The van der Waals surface area contributed by atoms with Crippen molar-refractivity contribution in [1.29, 1.82) is 0 Å². The van der Waals surface area contributed by atoms with E-state index in [4.69, 9.17) is 0 Å². The zero-order chi connectivity index (χ0) is 10.7. The molecular weight excluding hydrogens is 261 g/mol. The first-order valence-corrected chi connectivity index (χ1v) is 5.22. The first-order valence-electron chi connectivity index (χ1n) is 4.43. The number of nitrogens with one attached hydrogen (secondary N) is 2. The molecule has 0 aliphatic carbocycles. The molecule has 3 nitrogen and oxygen atoms in total. The van der Waals surface area contributed by atoms with Gasteiger partial charge in [-0.1, -0.05) is 0 Å². The molecule has 2 rings (SSSR count). The molecule has 2 aromatic rings. The number of anilines is 1. The quantitative estimate of drug-likeness (QED) is 0.900. The Hall–Kier alpha value is -1.36. The molecule has 0 radical (unpaired) electrons.